The Morgan fingerprint density at radius 3 is 1.78 bits per heavy atom. The van der Waals surface area contributed by atoms with Gasteiger partial charge in [0.1, 0.15) is 0 Å². The Hall–Kier alpha value is -3.15. The minimum atomic E-state index is -3.48. The molecule has 10 nitrogen and oxygen atoms in total. The first-order valence-corrected chi connectivity index (χ1v) is 11.5. The second-order valence-corrected chi connectivity index (χ2v) is 7.86. The molecule has 0 unspecified atom stereocenters. The van der Waals surface area contributed by atoms with Crippen molar-refractivity contribution in [2.75, 3.05) is 30.1 Å². The van der Waals surface area contributed by atoms with E-state index in [9.17, 15) is 18.0 Å². The summed E-state index contributed by atoms with van der Waals surface area (Å²) in [6.07, 6.45) is -0.0606. The van der Waals surface area contributed by atoms with Crippen molar-refractivity contribution in [3.63, 3.8) is 0 Å². The quantitative estimate of drug-likeness (QED) is 0.500. The van der Waals surface area contributed by atoms with Gasteiger partial charge < -0.3 is 14.6 Å². The van der Waals surface area contributed by atoms with Crippen molar-refractivity contribution in [2.45, 2.75) is 27.1 Å². The molecule has 0 aliphatic rings. The number of carbonyl (C=O) groups excluding carboxylic acids is 2. The van der Waals surface area contributed by atoms with Crippen molar-refractivity contribution >= 4 is 33.7 Å². The van der Waals surface area contributed by atoms with Crippen LogP contribution in [0.1, 0.15) is 25.0 Å². The van der Waals surface area contributed by atoms with E-state index in [1.807, 2.05) is 0 Å². The summed E-state index contributed by atoms with van der Waals surface area (Å²) in [7, 11) is -3.48. The third-order valence-corrected chi connectivity index (χ3v) is 4.07. The predicted octanol–water partition coefficient (Wildman–Crippen LogP) is 3.48. The van der Waals surface area contributed by atoms with Gasteiger partial charge in [-0.1, -0.05) is 24.3 Å². The first-order valence-electron chi connectivity index (χ1n) is 9.67. The number of rotatable bonds is 8. The van der Waals surface area contributed by atoms with E-state index in [1.54, 1.807) is 62.4 Å². The van der Waals surface area contributed by atoms with Crippen LogP contribution in [0.3, 0.4) is 0 Å². The predicted molar refractivity (Wildman–Crippen MR) is 120 cm³/mol. The van der Waals surface area contributed by atoms with Gasteiger partial charge in [-0.05, 0) is 49.2 Å². The Bertz CT molecular complexity index is 979. The molecule has 0 saturated carbocycles. The lowest BCUT2D eigenvalue weighted by molar-refractivity contribution is 0.167. The second-order valence-electron chi connectivity index (χ2n) is 6.22. The molecule has 2 aromatic rings. The Morgan fingerprint density at radius 2 is 1.34 bits per heavy atom. The second kappa shape index (κ2) is 14.0. The highest BCUT2D eigenvalue weighted by atomic mass is 32.2. The molecular weight excluding hydrogens is 440 g/mol. The molecule has 0 saturated heterocycles. The molecule has 0 aliphatic carbocycles. The number of nitrogens with one attached hydrogen (secondary N) is 2. The van der Waals surface area contributed by atoms with E-state index in [1.165, 1.54) is 0 Å². The number of anilines is 2. The molecule has 0 aromatic heterocycles. The van der Waals surface area contributed by atoms with Crippen LogP contribution < -0.4 is 10.6 Å². The molecule has 2 amide bonds. The number of benzene rings is 2. The zero-order chi connectivity index (χ0) is 24.0. The third-order valence-electron chi connectivity index (χ3n) is 3.52. The number of hydrogen-bond donors (Lipinski definition) is 3. The molecule has 0 atom stereocenters. The monoisotopic (exact) mass is 468 g/mol. The molecule has 2 rings (SSSR count). The van der Waals surface area contributed by atoms with Crippen LogP contribution in [0, 0.1) is 0 Å². The highest BCUT2D eigenvalue weighted by Gasteiger charge is 2.05. The summed E-state index contributed by atoms with van der Waals surface area (Å²) in [5, 5.41) is 13.9. The van der Waals surface area contributed by atoms with Crippen LogP contribution in [-0.4, -0.2) is 45.2 Å². The normalized spacial score (nSPS) is 10.4. The Labute approximate surface area is 187 Å². The van der Waals surface area contributed by atoms with E-state index in [0.29, 0.717) is 23.5 Å². The molecule has 0 heterocycles. The molecule has 0 radical (unpaired) electrons. The largest absolute Gasteiger partial charge is 0.450 e. The average molecular weight is 469 g/mol. The fourth-order valence-electron chi connectivity index (χ4n) is 2.23. The number of ether oxygens (including phenoxy) is 2. The molecule has 11 heteroatoms. The third kappa shape index (κ3) is 11.9. The van der Waals surface area contributed by atoms with Crippen LogP contribution in [0.4, 0.5) is 21.0 Å². The average Bonchev–Trinajstić information content (AvgIpc) is 2.73. The van der Waals surface area contributed by atoms with E-state index in [4.69, 9.17) is 14.6 Å². The standard InChI is InChI=1S/C11H15NO5S.C10H13NO3/c1-3-16-11(13)12-10-6-4-5-9(7-10)8-17-18(2,14)15;1-2-14-10(13)11-9-5-3-4-8(6-9)7-12/h4-7H,3,8H2,1-2H3,(H,12,13);3-6,12H,2,7H2,1H3,(H,11,13). The van der Waals surface area contributed by atoms with E-state index < -0.39 is 22.3 Å². The molecule has 0 bridgehead atoms. The zero-order valence-corrected chi connectivity index (χ0v) is 19.0. The molecule has 0 spiro atoms. The summed E-state index contributed by atoms with van der Waals surface area (Å²) in [5.74, 6) is 0. The number of carbonyl (C=O) groups is 2. The number of amides is 2. The van der Waals surface area contributed by atoms with Gasteiger partial charge in [-0.15, -0.1) is 0 Å². The number of aliphatic hydroxyl groups excluding tert-OH is 1. The van der Waals surface area contributed by atoms with Crippen LogP contribution in [0.25, 0.3) is 0 Å². The van der Waals surface area contributed by atoms with Crippen LogP contribution in [0.2, 0.25) is 0 Å². The molecule has 176 valence electrons. The summed E-state index contributed by atoms with van der Waals surface area (Å²) >= 11 is 0. The fraction of sp³-hybridized carbons (Fsp3) is 0.333. The summed E-state index contributed by atoms with van der Waals surface area (Å²) in [6, 6.07) is 13.6. The van der Waals surface area contributed by atoms with Gasteiger partial charge in [0, 0.05) is 11.4 Å². The van der Waals surface area contributed by atoms with Gasteiger partial charge in [0.2, 0.25) is 0 Å². The van der Waals surface area contributed by atoms with Gasteiger partial charge in [-0.25, -0.2) is 9.59 Å². The smallest absolute Gasteiger partial charge is 0.411 e. The Morgan fingerprint density at radius 1 is 0.875 bits per heavy atom. The van der Waals surface area contributed by atoms with Crippen LogP contribution in [-0.2, 0) is 37.0 Å². The van der Waals surface area contributed by atoms with Crippen molar-refractivity contribution in [3.8, 4) is 0 Å². The fourth-order valence-corrected chi connectivity index (χ4v) is 2.58. The molecule has 2 aromatic carbocycles. The summed E-state index contributed by atoms with van der Waals surface area (Å²) in [6.45, 7) is 3.95. The summed E-state index contributed by atoms with van der Waals surface area (Å²) in [4.78, 5) is 22.2. The van der Waals surface area contributed by atoms with E-state index >= 15 is 0 Å². The number of aliphatic hydroxyl groups is 1. The summed E-state index contributed by atoms with van der Waals surface area (Å²) < 4.78 is 35.8. The molecular formula is C21H28N2O8S. The zero-order valence-electron chi connectivity index (χ0n) is 18.2. The minimum Gasteiger partial charge on any atom is -0.450 e. The first kappa shape index (κ1) is 26.9. The van der Waals surface area contributed by atoms with Gasteiger partial charge in [0.05, 0.1) is 32.7 Å². The van der Waals surface area contributed by atoms with Crippen LogP contribution >= 0.6 is 0 Å². The molecule has 0 fully saturated rings. The minimum absolute atomic E-state index is 0.0433. The van der Waals surface area contributed by atoms with Crippen molar-refractivity contribution in [1.82, 2.24) is 0 Å². The van der Waals surface area contributed by atoms with Crippen molar-refractivity contribution in [3.05, 3.63) is 59.7 Å². The molecule has 3 N–H and O–H groups in total. The number of hydrogen-bond acceptors (Lipinski definition) is 8. The van der Waals surface area contributed by atoms with E-state index in [0.717, 1.165) is 11.8 Å². The lowest BCUT2D eigenvalue weighted by Gasteiger charge is -2.07. The van der Waals surface area contributed by atoms with Gasteiger partial charge in [-0.2, -0.15) is 8.42 Å². The van der Waals surface area contributed by atoms with Gasteiger partial charge in [0.25, 0.3) is 10.1 Å². The molecule has 0 aliphatic heterocycles. The van der Waals surface area contributed by atoms with Crippen molar-refractivity contribution in [2.24, 2.45) is 0 Å². The Balaban J connectivity index is 0.000000330. The van der Waals surface area contributed by atoms with Gasteiger partial charge in [0.15, 0.2) is 0 Å². The van der Waals surface area contributed by atoms with Gasteiger partial charge >= 0.3 is 12.2 Å². The first-order chi connectivity index (χ1) is 15.2. The topological polar surface area (TPSA) is 140 Å². The van der Waals surface area contributed by atoms with Gasteiger partial charge in [-0.3, -0.25) is 14.8 Å². The highest BCUT2D eigenvalue weighted by Crippen LogP contribution is 2.13. The van der Waals surface area contributed by atoms with Crippen LogP contribution in [0.15, 0.2) is 48.5 Å². The molecule has 32 heavy (non-hydrogen) atoms. The van der Waals surface area contributed by atoms with Crippen molar-refractivity contribution < 1.29 is 36.8 Å². The maximum Gasteiger partial charge on any atom is 0.411 e. The van der Waals surface area contributed by atoms with E-state index in [-0.39, 0.29) is 19.8 Å². The van der Waals surface area contributed by atoms with Crippen molar-refractivity contribution in [1.29, 1.82) is 0 Å². The lowest BCUT2D eigenvalue weighted by Crippen LogP contribution is -2.13. The van der Waals surface area contributed by atoms with Crippen LogP contribution in [0.5, 0.6) is 0 Å². The summed E-state index contributed by atoms with van der Waals surface area (Å²) in [5.41, 5.74) is 2.52. The highest BCUT2D eigenvalue weighted by molar-refractivity contribution is 7.85. The maximum atomic E-state index is 11.2. The lowest BCUT2D eigenvalue weighted by atomic mass is 10.2. The maximum absolute atomic E-state index is 11.2. The van der Waals surface area contributed by atoms with E-state index in [2.05, 4.69) is 14.8 Å². The Kier molecular flexibility index (Phi) is 11.8. The SMILES string of the molecule is CCOC(=O)Nc1cccc(CO)c1.CCOC(=O)Nc1cccc(COS(C)(=O)=O)c1.